The molecule has 0 aromatic heterocycles. The molecule has 235 valence electrons. The van der Waals surface area contributed by atoms with Gasteiger partial charge in [0.05, 0.1) is 13.0 Å². The molecule has 0 aliphatic rings. The van der Waals surface area contributed by atoms with Crippen LogP contribution >= 0.6 is 0 Å². The molecule has 0 atom stereocenters. The van der Waals surface area contributed by atoms with Crippen molar-refractivity contribution in [3.63, 3.8) is 0 Å². The fourth-order valence-electron chi connectivity index (χ4n) is 3.21. The standard InChI is InChI=1S/C19H34O3.C6H10O.C4H9NO2.C2H6.Cu/c20-18-16-14-12-10-8-6-4-2-1-3-5-7-9-11-13-15-17-19(21)22;1-3-5-6-7-4-2;1-5-3-2-4(6)7;1-2;/h16H,1-15,17H2,(H,21,22);2H,3,5-6H2,1H3;5H,2-3H2,1H3,(H,6,7);1-2H3;. The predicted octanol–water partition coefficient (Wildman–Crippen LogP) is 7.80. The number of hydrogen-bond donors (Lipinski definition) is 3. The van der Waals surface area contributed by atoms with Crippen LogP contribution in [0.1, 0.15) is 143 Å². The van der Waals surface area contributed by atoms with Crippen molar-refractivity contribution in [2.45, 2.75) is 143 Å². The van der Waals surface area contributed by atoms with E-state index < -0.39 is 11.9 Å². The van der Waals surface area contributed by atoms with Crippen LogP contribution < -0.4 is 5.32 Å². The van der Waals surface area contributed by atoms with Gasteiger partial charge in [-0.1, -0.05) is 111 Å². The Kier molecular flexibility index (Phi) is 59.4. The van der Waals surface area contributed by atoms with E-state index in [0.717, 1.165) is 38.5 Å². The Labute approximate surface area is 250 Å². The van der Waals surface area contributed by atoms with Crippen molar-refractivity contribution in [3.8, 4) is 12.5 Å². The van der Waals surface area contributed by atoms with Gasteiger partial charge in [0.2, 0.25) is 0 Å². The third kappa shape index (κ3) is 66.7. The van der Waals surface area contributed by atoms with Gasteiger partial charge in [0.25, 0.3) is 0 Å². The van der Waals surface area contributed by atoms with E-state index in [1.54, 1.807) is 13.1 Å². The molecule has 0 saturated heterocycles. The third-order valence-corrected chi connectivity index (χ3v) is 5.34. The molecule has 0 spiro atoms. The minimum atomic E-state index is -0.755. The number of carbonyl (C=O) groups is 2. The SMILES string of the molecule is C#COCCCC.CC.CNCCC(=O)O.O=C=CCCCCCCCCCCCCCCCCC(=O)O.[Cu]. The largest absolute Gasteiger partial charge is 0.481 e. The van der Waals surface area contributed by atoms with Crippen molar-refractivity contribution in [2.75, 3.05) is 20.2 Å². The maximum Gasteiger partial charge on any atom is 0.304 e. The van der Waals surface area contributed by atoms with E-state index in [1.165, 1.54) is 70.6 Å². The van der Waals surface area contributed by atoms with Crippen LogP contribution in [-0.4, -0.2) is 48.3 Å². The maximum atomic E-state index is 10.3. The molecular formula is C31H59CuNO6. The van der Waals surface area contributed by atoms with E-state index in [-0.39, 0.29) is 23.5 Å². The Balaban J connectivity index is -0.000000186. The number of aliphatic carboxylic acids is 2. The minimum absolute atomic E-state index is 0. The normalized spacial score (nSPS) is 8.90. The number of terminal acetylenes is 1. The van der Waals surface area contributed by atoms with Crippen LogP contribution in [0, 0.1) is 12.5 Å². The van der Waals surface area contributed by atoms with Gasteiger partial charge in [-0.25, -0.2) is 4.79 Å². The second-order valence-electron chi connectivity index (χ2n) is 8.77. The number of ether oxygens (including phenoxy) is 1. The first-order valence-electron chi connectivity index (χ1n) is 14.8. The topological polar surface area (TPSA) is 113 Å². The van der Waals surface area contributed by atoms with E-state index in [0.29, 0.717) is 19.6 Å². The Morgan fingerprint density at radius 1 is 0.769 bits per heavy atom. The summed E-state index contributed by atoms with van der Waals surface area (Å²) in [5, 5.41) is 19.2. The number of unbranched alkanes of at least 4 members (excludes halogenated alkanes) is 15. The van der Waals surface area contributed by atoms with Crippen LogP contribution in [0.5, 0.6) is 0 Å². The van der Waals surface area contributed by atoms with Gasteiger partial charge in [0.15, 0.2) is 0 Å². The Morgan fingerprint density at radius 3 is 1.49 bits per heavy atom. The number of rotatable bonds is 23. The maximum absolute atomic E-state index is 10.3. The summed E-state index contributed by atoms with van der Waals surface area (Å²) in [6.07, 6.45) is 29.5. The number of allylic oxidation sites excluding steroid dienone is 1. The van der Waals surface area contributed by atoms with Crippen molar-refractivity contribution in [3.05, 3.63) is 6.08 Å². The molecule has 0 bridgehead atoms. The molecule has 0 aliphatic carbocycles. The van der Waals surface area contributed by atoms with E-state index >= 15 is 0 Å². The van der Waals surface area contributed by atoms with Crippen LogP contribution in [0.3, 0.4) is 0 Å². The Bertz CT molecular complexity index is 544. The summed E-state index contributed by atoms with van der Waals surface area (Å²) in [7, 11) is 1.73. The molecule has 0 saturated carbocycles. The molecule has 0 fully saturated rings. The molecule has 0 heterocycles. The average molecular weight is 605 g/mol. The fourth-order valence-corrected chi connectivity index (χ4v) is 3.21. The molecule has 0 unspecified atom stereocenters. The van der Waals surface area contributed by atoms with E-state index in [9.17, 15) is 14.4 Å². The average Bonchev–Trinajstić information content (AvgIpc) is 2.91. The molecule has 0 aromatic rings. The van der Waals surface area contributed by atoms with Crippen LogP contribution in [0.2, 0.25) is 0 Å². The molecular weight excluding hydrogens is 546 g/mol. The first-order chi connectivity index (χ1) is 18.5. The van der Waals surface area contributed by atoms with Gasteiger partial charge in [-0.15, -0.1) is 0 Å². The Hall–Kier alpha value is -1.77. The summed E-state index contributed by atoms with van der Waals surface area (Å²) in [4.78, 5) is 30.0. The zero-order valence-corrected chi connectivity index (χ0v) is 26.3. The van der Waals surface area contributed by atoms with Gasteiger partial charge in [-0.2, -0.15) is 0 Å². The summed E-state index contributed by atoms with van der Waals surface area (Å²) in [5.74, 6) is 0.399. The number of carboxylic acid groups (broad SMARTS) is 2. The first-order valence-corrected chi connectivity index (χ1v) is 14.8. The molecule has 8 heteroatoms. The zero-order chi connectivity index (χ0) is 29.5. The minimum Gasteiger partial charge on any atom is -0.481 e. The zero-order valence-electron chi connectivity index (χ0n) is 25.3. The molecule has 0 aliphatic heterocycles. The van der Waals surface area contributed by atoms with Gasteiger partial charge in [-0.3, -0.25) is 9.59 Å². The molecule has 3 N–H and O–H groups in total. The third-order valence-electron chi connectivity index (χ3n) is 5.34. The summed E-state index contributed by atoms with van der Waals surface area (Å²) in [6.45, 7) is 7.35. The van der Waals surface area contributed by atoms with E-state index in [1.807, 2.05) is 19.8 Å². The van der Waals surface area contributed by atoms with Gasteiger partial charge in [-0.05, 0) is 38.8 Å². The van der Waals surface area contributed by atoms with Crippen molar-refractivity contribution in [1.82, 2.24) is 5.32 Å². The van der Waals surface area contributed by atoms with Crippen molar-refractivity contribution >= 4 is 17.9 Å². The molecule has 0 rings (SSSR count). The predicted molar refractivity (Wildman–Crippen MR) is 159 cm³/mol. The smallest absolute Gasteiger partial charge is 0.304 e. The summed E-state index contributed by atoms with van der Waals surface area (Å²) in [6, 6.07) is 0. The summed E-state index contributed by atoms with van der Waals surface area (Å²) < 4.78 is 4.60. The second kappa shape index (κ2) is 49.2. The monoisotopic (exact) mass is 604 g/mol. The molecule has 39 heavy (non-hydrogen) atoms. The van der Waals surface area contributed by atoms with Crippen LogP contribution in [0.25, 0.3) is 0 Å². The molecule has 0 aromatic carbocycles. The van der Waals surface area contributed by atoms with Crippen LogP contribution in [-0.2, 0) is 36.2 Å². The first kappa shape index (κ1) is 47.0. The summed E-state index contributed by atoms with van der Waals surface area (Å²) in [5.41, 5.74) is 0. The fraction of sp³-hybridized carbons (Fsp3) is 0.806. The van der Waals surface area contributed by atoms with Gasteiger partial charge in [0.1, 0.15) is 12.0 Å². The summed E-state index contributed by atoms with van der Waals surface area (Å²) >= 11 is 0. The van der Waals surface area contributed by atoms with Crippen LogP contribution in [0.15, 0.2) is 6.08 Å². The quantitative estimate of drug-likeness (QED) is 0.0472. The number of nitrogens with one attached hydrogen (secondary N) is 1. The molecule has 7 nitrogen and oxygen atoms in total. The van der Waals surface area contributed by atoms with Gasteiger partial charge >= 0.3 is 11.9 Å². The second-order valence-corrected chi connectivity index (χ2v) is 8.77. The van der Waals surface area contributed by atoms with Crippen molar-refractivity contribution < 1.29 is 46.4 Å². The van der Waals surface area contributed by atoms with Gasteiger partial charge < -0.3 is 20.3 Å². The Morgan fingerprint density at radius 2 is 1.18 bits per heavy atom. The van der Waals surface area contributed by atoms with E-state index in [2.05, 4.69) is 23.1 Å². The van der Waals surface area contributed by atoms with Crippen molar-refractivity contribution in [1.29, 1.82) is 0 Å². The number of hydrogen-bond acceptors (Lipinski definition) is 5. The van der Waals surface area contributed by atoms with Crippen molar-refractivity contribution in [2.24, 2.45) is 0 Å². The van der Waals surface area contributed by atoms with Gasteiger partial charge in [0, 0.05) is 30.0 Å². The van der Waals surface area contributed by atoms with Crippen LogP contribution in [0.4, 0.5) is 0 Å². The molecule has 0 amide bonds. The number of carboxylic acids is 2. The van der Waals surface area contributed by atoms with E-state index in [4.69, 9.17) is 16.6 Å². The molecule has 1 radical (unpaired) electrons. The number of carbonyl (C=O) groups excluding carboxylic acids is 1.